The summed E-state index contributed by atoms with van der Waals surface area (Å²) in [5, 5.41) is 7.23. The van der Waals surface area contributed by atoms with Crippen molar-refractivity contribution in [3.63, 3.8) is 0 Å². The predicted molar refractivity (Wildman–Crippen MR) is 201 cm³/mol. The molecule has 0 N–H and O–H groups in total. The summed E-state index contributed by atoms with van der Waals surface area (Å²) >= 11 is 0. The third-order valence-corrected chi connectivity index (χ3v) is 9.11. The van der Waals surface area contributed by atoms with Gasteiger partial charge in [-0.15, -0.1) is 35.7 Å². The molecule has 0 bridgehead atoms. The van der Waals surface area contributed by atoms with Crippen LogP contribution in [0.25, 0.3) is 44.4 Å². The molecule has 50 heavy (non-hydrogen) atoms. The van der Waals surface area contributed by atoms with Crippen LogP contribution in [0.5, 0.6) is 11.5 Å². The van der Waals surface area contributed by atoms with Crippen molar-refractivity contribution < 1.29 is 25.8 Å². The Morgan fingerprint density at radius 1 is 0.780 bits per heavy atom. The Morgan fingerprint density at radius 2 is 1.58 bits per heavy atom. The van der Waals surface area contributed by atoms with Crippen LogP contribution < -0.4 is 4.74 Å². The first-order valence-corrected chi connectivity index (χ1v) is 17.5. The van der Waals surface area contributed by atoms with Gasteiger partial charge >= 0.3 is 21.1 Å². The van der Waals surface area contributed by atoms with Crippen molar-refractivity contribution in [2.45, 2.75) is 73.6 Å². The molecule has 0 unspecified atom stereocenters. The number of hydrogen-bond acceptors (Lipinski definition) is 3. The molecular formula is C44H44N4OPt. The Labute approximate surface area is 310 Å². The zero-order valence-corrected chi connectivity index (χ0v) is 32.1. The Hall–Kier alpha value is -4.47. The van der Waals surface area contributed by atoms with Crippen molar-refractivity contribution in [2.24, 2.45) is 5.41 Å². The minimum Gasteiger partial charge on any atom is -0.509 e. The van der Waals surface area contributed by atoms with Crippen LogP contribution in [0.2, 0.25) is 0 Å². The number of fused-ring (bicyclic) bond motifs is 3. The molecule has 0 atom stereocenters. The number of rotatable bonds is 10. The molecule has 5 nitrogen and oxygen atoms in total. The van der Waals surface area contributed by atoms with Crippen molar-refractivity contribution in [1.29, 1.82) is 0 Å². The van der Waals surface area contributed by atoms with E-state index in [1.807, 2.05) is 41.2 Å². The molecule has 256 valence electrons. The SMILES string of the molecule is CCCCCc1ccc2c(c1)c1ccc(Oc3[c-]c(-n4nc(C)c(-c5ccccc5)c4C)ccc3)[c-]c1n2-c1cc(CC(C)(C)C)ccn1.[Pt+2]. The second kappa shape index (κ2) is 14.8. The van der Waals surface area contributed by atoms with Gasteiger partial charge in [-0.3, -0.25) is 4.68 Å². The first kappa shape index (κ1) is 35.4. The molecule has 0 fully saturated rings. The summed E-state index contributed by atoms with van der Waals surface area (Å²) < 4.78 is 10.7. The maximum atomic E-state index is 6.49. The fraction of sp³-hybridized carbons (Fsp3) is 0.273. The van der Waals surface area contributed by atoms with Gasteiger partial charge in [0.25, 0.3) is 0 Å². The minimum absolute atomic E-state index is 0. The van der Waals surface area contributed by atoms with Gasteiger partial charge in [-0.05, 0) is 84.5 Å². The van der Waals surface area contributed by atoms with E-state index in [2.05, 4.69) is 119 Å². The molecule has 3 heterocycles. The molecule has 0 aliphatic carbocycles. The van der Waals surface area contributed by atoms with Crippen molar-refractivity contribution >= 4 is 21.8 Å². The topological polar surface area (TPSA) is 44.9 Å². The Morgan fingerprint density at radius 3 is 2.36 bits per heavy atom. The molecular weight excluding hydrogens is 796 g/mol. The van der Waals surface area contributed by atoms with Gasteiger partial charge in [-0.25, -0.2) is 4.98 Å². The molecule has 0 aliphatic heterocycles. The average molecular weight is 840 g/mol. The molecule has 0 spiro atoms. The smallest absolute Gasteiger partial charge is 0.509 e. The molecule has 7 rings (SSSR count). The molecule has 0 amide bonds. The van der Waals surface area contributed by atoms with Crippen LogP contribution in [0, 0.1) is 31.4 Å². The van der Waals surface area contributed by atoms with Crippen molar-refractivity contribution in [1.82, 2.24) is 19.3 Å². The molecule has 7 aromatic rings. The summed E-state index contributed by atoms with van der Waals surface area (Å²) in [4.78, 5) is 4.88. The quantitative estimate of drug-likeness (QED) is 0.102. The van der Waals surface area contributed by atoms with Crippen LogP contribution in [-0.2, 0) is 33.9 Å². The van der Waals surface area contributed by atoms with E-state index in [9.17, 15) is 0 Å². The third kappa shape index (κ3) is 7.35. The first-order chi connectivity index (χ1) is 23.7. The van der Waals surface area contributed by atoms with Crippen LogP contribution in [0.4, 0.5) is 0 Å². The first-order valence-electron chi connectivity index (χ1n) is 17.5. The van der Waals surface area contributed by atoms with Crippen LogP contribution in [0.3, 0.4) is 0 Å². The minimum atomic E-state index is 0. The summed E-state index contributed by atoms with van der Waals surface area (Å²) in [5.74, 6) is 2.12. The monoisotopic (exact) mass is 839 g/mol. The van der Waals surface area contributed by atoms with E-state index in [-0.39, 0.29) is 26.5 Å². The normalized spacial score (nSPS) is 11.6. The van der Waals surface area contributed by atoms with Gasteiger partial charge in [0.15, 0.2) is 0 Å². The predicted octanol–water partition coefficient (Wildman–Crippen LogP) is 11.4. The van der Waals surface area contributed by atoms with Crippen LogP contribution in [0.1, 0.15) is 69.5 Å². The van der Waals surface area contributed by atoms with E-state index in [0.717, 1.165) is 63.3 Å². The molecule has 0 radical (unpaired) electrons. The van der Waals surface area contributed by atoms with Crippen molar-refractivity contribution in [3.8, 4) is 34.1 Å². The maximum Gasteiger partial charge on any atom is 2.00 e. The van der Waals surface area contributed by atoms with Gasteiger partial charge in [0.2, 0.25) is 0 Å². The van der Waals surface area contributed by atoms with Gasteiger partial charge in [0.1, 0.15) is 5.82 Å². The number of ether oxygens (including phenoxy) is 1. The molecule has 6 heteroatoms. The van der Waals surface area contributed by atoms with E-state index in [1.54, 1.807) is 0 Å². The number of pyridine rings is 1. The molecule has 4 aromatic carbocycles. The fourth-order valence-electron chi connectivity index (χ4n) is 6.95. The van der Waals surface area contributed by atoms with E-state index in [0.29, 0.717) is 11.5 Å². The largest absolute Gasteiger partial charge is 2.00 e. The average Bonchev–Trinajstić information content (AvgIpc) is 3.57. The van der Waals surface area contributed by atoms with E-state index in [4.69, 9.17) is 14.8 Å². The fourth-order valence-corrected chi connectivity index (χ4v) is 6.95. The van der Waals surface area contributed by atoms with Gasteiger partial charge < -0.3 is 9.30 Å². The summed E-state index contributed by atoms with van der Waals surface area (Å²) in [5.41, 5.74) is 10.0. The van der Waals surface area contributed by atoms with E-state index < -0.39 is 0 Å². The zero-order valence-electron chi connectivity index (χ0n) is 29.8. The number of benzene rings is 4. The van der Waals surface area contributed by atoms with Gasteiger partial charge in [-0.1, -0.05) is 88.5 Å². The zero-order chi connectivity index (χ0) is 34.1. The van der Waals surface area contributed by atoms with Crippen molar-refractivity contribution in [2.75, 3.05) is 0 Å². The van der Waals surface area contributed by atoms with Crippen LogP contribution >= 0.6 is 0 Å². The van der Waals surface area contributed by atoms with Gasteiger partial charge in [0.05, 0.1) is 5.69 Å². The standard InChI is InChI=1S/C44H44N4O.Pt/c1-7-8-10-14-32-19-22-40-39(25-32)38-21-20-37(28-41(38)47(40)42-26-33(23-24-45-42)29-44(4,5)6)49-36-18-13-17-35(27-36)48-31(3)43(30(2)46-48)34-15-11-9-12-16-34;/h9,11-13,15-26H,7-8,10,14,29H2,1-6H3;/q-2;+2. The molecule has 0 aliphatic rings. The van der Waals surface area contributed by atoms with E-state index >= 15 is 0 Å². The third-order valence-electron chi connectivity index (χ3n) is 9.11. The number of unbranched alkanes of at least 4 members (excludes halogenated alkanes) is 2. The number of nitrogens with zero attached hydrogens (tertiary/aromatic N) is 4. The maximum absolute atomic E-state index is 6.49. The second-order valence-corrected chi connectivity index (χ2v) is 14.3. The molecule has 0 saturated heterocycles. The van der Waals surface area contributed by atoms with Gasteiger partial charge in [0, 0.05) is 34.5 Å². The number of aromatic nitrogens is 4. The Balaban J connectivity index is 0.00000432. The summed E-state index contributed by atoms with van der Waals surface area (Å²) in [6.45, 7) is 13.2. The van der Waals surface area contributed by atoms with E-state index in [1.165, 1.54) is 35.8 Å². The number of aryl methyl sites for hydroxylation is 2. The molecule has 0 saturated carbocycles. The van der Waals surface area contributed by atoms with Crippen LogP contribution in [-0.4, -0.2) is 19.3 Å². The number of hydrogen-bond donors (Lipinski definition) is 0. The summed E-state index contributed by atoms with van der Waals surface area (Å²) in [7, 11) is 0. The Bertz CT molecular complexity index is 2260. The van der Waals surface area contributed by atoms with Crippen molar-refractivity contribution in [3.05, 3.63) is 132 Å². The molecule has 3 aromatic heterocycles. The van der Waals surface area contributed by atoms with Gasteiger partial charge in [-0.2, -0.15) is 17.2 Å². The van der Waals surface area contributed by atoms with Crippen LogP contribution in [0.15, 0.2) is 97.2 Å². The summed E-state index contributed by atoms with van der Waals surface area (Å²) in [6, 6.07) is 38.8. The Kier molecular flexibility index (Phi) is 10.5. The second-order valence-electron chi connectivity index (χ2n) is 14.3. The summed E-state index contributed by atoms with van der Waals surface area (Å²) in [6.07, 6.45) is 7.62.